The van der Waals surface area contributed by atoms with Gasteiger partial charge >= 0.3 is 0 Å². The molecular weight excluding hydrogens is 336 g/mol. The number of amides is 1. The fourth-order valence-corrected chi connectivity index (χ4v) is 3.58. The lowest BCUT2D eigenvalue weighted by Crippen LogP contribution is -2.36. The summed E-state index contributed by atoms with van der Waals surface area (Å²) in [6.07, 6.45) is 0.868. The van der Waals surface area contributed by atoms with Crippen molar-refractivity contribution in [1.29, 1.82) is 0 Å². The molecule has 27 heavy (non-hydrogen) atoms. The molecule has 5 heteroatoms. The molecule has 2 aromatic carbocycles. The van der Waals surface area contributed by atoms with E-state index >= 15 is 0 Å². The second-order valence-corrected chi connectivity index (χ2v) is 6.98. The van der Waals surface area contributed by atoms with Crippen LogP contribution in [0.15, 0.2) is 66.7 Å². The molecule has 1 aliphatic heterocycles. The number of anilines is 2. The molecule has 1 unspecified atom stereocenters. The van der Waals surface area contributed by atoms with Crippen molar-refractivity contribution in [2.45, 2.75) is 25.9 Å². The maximum absolute atomic E-state index is 13.0. The van der Waals surface area contributed by atoms with Crippen molar-refractivity contribution in [2.75, 3.05) is 16.8 Å². The Bertz CT molecular complexity index is 940. The van der Waals surface area contributed by atoms with E-state index in [9.17, 15) is 4.79 Å². The summed E-state index contributed by atoms with van der Waals surface area (Å²) in [7, 11) is 1.97. The number of aromatic nitrogens is 2. The average Bonchev–Trinajstić information content (AvgIpc) is 3.04. The Morgan fingerprint density at radius 3 is 2.52 bits per heavy atom. The van der Waals surface area contributed by atoms with Crippen LogP contribution in [0.25, 0.3) is 0 Å². The van der Waals surface area contributed by atoms with E-state index in [-0.39, 0.29) is 11.9 Å². The van der Waals surface area contributed by atoms with Gasteiger partial charge in [-0.1, -0.05) is 48.5 Å². The van der Waals surface area contributed by atoms with Crippen molar-refractivity contribution in [3.8, 4) is 0 Å². The molecule has 0 radical (unpaired) electrons. The third-order valence-corrected chi connectivity index (χ3v) is 4.95. The van der Waals surface area contributed by atoms with Crippen LogP contribution < -0.4 is 9.80 Å². The number of rotatable bonds is 4. The van der Waals surface area contributed by atoms with Gasteiger partial charge in [-0.25, -0.2) is 0 Å². The standard InChI is InChI=1S/C22H22N4O/c1-16-14-18-10-6-7-11-20(18)26(16)22(27)19-12-13-21(24-23-19)25(2)15-17-8-4-3-5-9-17/h3-13,16H,14-15H2,1-2H3. The van der Waals surface area contributed by atoms with E-state index in [1.54, 1.807) is 6.07 Å². The Balaban J connectivity index is 1.51. The van der Waals surface area contributed by atoms with Gasteiger partial charge in [0.05, 0.1) is 0 Å². The second-order valence-electron chi connectivity index (χ2n) is 6.98. The maximum Gasteiger partial charge on any atom is 0.279 e. The van der Waals surface area contributed by atoms with Crippen LogP contribution in [0.3, 0.4) is 0 Å². The van der Waals surface area contributed by atoms with Crippen molar-refractivity contribution < 1.29 is 4.79 Å². The molecule has 2 heterocycles. The molecule has 136 valence electrons. The topological polar surface area (TPSA) is 49.3 Å². The predicted molar refractivity (Wildman–Crippen MR) is 107 cm³/mol. The molecule has 1 aliphatic rings. The summed E-state index contributed by atoms with van der Waals surface area (Å²) in [6.45, 7) is 2.80. The van der Waals surface area contributed by atoms with Crippen molar-refractivity contribution in [3.63, 3.8) is 0 Å². The molecule has 0 saturated carbocycles. The molecule has 5 nitrogen and oxygen atoms in total. The van der Waals surface area contributed by atoms with Crippen LogP contribution in [0.2, 0.25) is 0 Å². The summed E-state index contributed by atoms with van der Waals surface area (Å²) in [5.41, 5.74) is 3.74. The van der Waals surface area contributed by atoms with Crippen molar-refractivity contribution in [1.82, 2.24) is 10.2 Å². The molecule has 0 N–H and O–H groups in total. The van der Waals surface area contributed by atoms with Crippen LogP contribution in [-0.4, -0.2) is 29.2 Å². The third-order valence-electron chi connectivity index (χ3n) is 4.95. The molecule has 1 amide bonds. The minimum Gasteiger partial charge on any atom is -0.354 e. The smallest absolute Gasteiger partial charge is 0.279 e. The predicted octanol–water partition coefficient (Wildman–Crippen LogP) is 3.70. The normalized spacial score (nSPS) is 15.5. The number of carbonyl (C=O) groups is 1. The summed E-state index contributed by atoms with van der Waals surface area (Å²) in [4.78, 5) is 16.8. The largest absolute Gasteiger partial charge is 0.354 e. The zero-order valence-electron chi connectivity index (χ0n) is 15.5. The van der Waals surface area contributed by atoms with Gasteiger partial charge in [0.25, 0.3) is 5.91 Å². The lowest BCUT2D eigenvalue weighted by molar-refractivity contribution is 0.0975. The fraction of sp³-hybridized carbons (Fsp3) is 0.227. The SMILES string of the molecule is CC1Cc2ccccc2N1C(=O)c1ccc(N(C)Cc2ccccc2)nn1. The third kappa shape index (κ3) is 3.40. The maximum atomic E-state index is 13.0. The molecule has 0 saturated heterocycles. The molecule has 0 aliphatic carbocycles. The Morgan fingerprint density at radius 2 is 1.78 bits per heavy atom. The lowest BCUT2D eigenvalue weighted by atomic mass is 10.1. The van der Waals surface area contributed by atoms with Crippen LogP contribution >= 0.6 is 0 Å². The minimum atomic E-state index is -0.0998. The summed E-state index contributed by atoms with van der Waals surface area (Å²) in [5, 5.41) is 8.49. The van der Waals surface area contributed by atoms with Crippen LogP contribution in [0.1, 0.15) is 28.5 Å². The molecule has 4 rings (SSSR count). The highest BCUT2D eigenvalue weighted by molar-refractivity contribution is 6.06. The number of hydrogen-bond acceptors (Lipinski definition) is 4. The zero-order valence-corrected chi connectivity index (χ0v) is 15.5. The summed E-state index contributed by atoms with van der Waals surface area (Å²) < 4.78 is 0. The summed E-state index contributed by atoms with van der Waals surface area (Å²) >= 11 is 0. The lowest BCUT2D eigenvalue weighted by Gasteiger charge is -2.22. The molecule has 0 bridgehead atoms. The Labute approximate surface area is 159 Å². The first-order chi connectivity index (χ1) is 13.1. The molecule has 3 aromatic rings. The van der Waals surface area contributed by atoms with Crippen LogP contribution in [0.5, 0.6) is 0 Å². The first-order valence-electron chi connectivity index (χ1n) is 9.14. The van der Waals surface area contributed by atoms with Gasteiger partial charge < -0.3 is 9.80 Å². The van der Waals surface area contributed by atoms with Crippen LogP contribution in [-0.2, 0) is 13.0 Å². The highest BCUT2D eigenvalue weighted by atomic mass is 16.2. The monoisotopic (exact) mass is 358 g/mol. The average molecular weight is 358 g/mol. The molecule has 1 aromatic heterocycles. The van der Waals surface area contributed by atoms with Gasteiger partial charge in [-0.3, -0.25) is 4.79 Å². The van der Waals surface area contributed by atoms with Gasteiger partial charge in [-0.15, -0.1) is 10.2 Å². The fourth-order valence-electron chi connectivity index (χ4n) is 3.58. The van der Waals surface area contributed by atoms with E-state index in [0.29, 0.717) is 5.69 Å². The van der Waals surface area contributed by atoms with E-state index in [2.05, 4.69) is 35.3 Å². The van der Waals surface area contributed by atoms with E-state index in [0.717, 1.165) is 24.5 Å². The van der Waals surface area contributed by atoms with Gasteiger partial charge in [0.2, 0.25) is 0 Å². The van der Waals surface area contributed by atoms with Gasteiger partial charge in [-0.2, -0.15) is 0 Å². The van der Waals surface area contributed by atoms with Gasteiger partial charge in [0, 0.05) is 25.3 Å². The van der Waals surface area contributed by atoms with Crippen molar-refractivity contribution in [3.05, 3.63) is 83.6 Å². The highest BCUT2D eigenvalue weighted by Gasteiger charge is 2.32. The first kappa shape index (κ1) is 17.2. The molecular formula is C22H22N4O. The Morgan fingerprint density at radius 1 is 1.04 bits per heavy atom. The van der Waals surface area contributed by atoms with Crippen LogP contribution in [0.4, 0.5) is 11.5 Å². The van der Waals surface area contributed by atoms with Gasteiger partial charge in [-0.05, 0) is 42.7 Å². The number of benzene rings is 2. The number of fused-ring (bicyclic) bond motifs is 1. The van der Waals surface area contributed by atoms with Gasteiger partial charge in [0.1, 0.15) is 0 Å². The molecule has 0 spiro atoms. The number of carbonyl (C=O) groups excluding carboxylic acids is 1. The van der Waals surface area contributed by atoms with E-state index < -0.39 is 0 Å². The van der Waals surface area contributed by atoms with Gasteiger partial charge in [0.15, 0.2) is 11.5 Å². The number of hydrogen-bond donors (Lipinski definition) is 0. The van der Waals surface area contributed by atoms with E-state index in [1.807, 2.05) is 59.3 Å². The van der Waals surface area contributed by atoms with E-state index in [4.69, 9.17) is 0 Å². The minimum absolute atomic E-state index is 0.0998. The number of para-hydroxylation sites is 1. The first-order valence-corrected chi connectivity index (χ1v) is 9.14. The summed E-state index contributed by atoms with van der Waals surface area (Å²) in [5.74, 6) is 0.641. The zero-order chi connectivity index (χ0) is 18.8. The van der Waals surface area contributed by atoms with Crippen LogP contribution in [0, 0.1) is 0 Å². The Kier molecular flexibility index (Phi) is 4.59. The van der Waals surface area contributed by atoms with Crippen molar-refractivity contribution in [2.24, 2.45) is 0 Å². The summed E-state index contributed by atoms with van der Waals surface area (Å²) in [6, 6.07) is 22.0. The molecule has 0 fully saturated rings. The molecule has 1 atom stereocenters. The number of nitrogens with zero attached hydrogens (tertiary/aromatic N) is 4. The van der Waals surface area contributed by atoms with E-state index in [1.165, 1.54) is 11.1 Å². The quantitative estimate of drug-likeness (QED) is 0.713. The highest BCUT2D eigenvalue weighted by Crippen LogP contribution is 2.32. The second kappa shape index (κ2) is 7.19. The van der Waals surface area contributed by atoms with Crippen molar-refractivity contribution >= 4 is 17.4 Å². The Hall–Kier alpha value is -3.21.